The van der Waals surface area contributed by atoms with E-state index in [1.54, 1.807) is 11.3 Å². The Morgan fingerprint density at radius 1 is 1.31 bits per heavy atom. The zero-order valence-electron chi connectivity index (χ0n) is 9.45. The summed E-state index contributed by atoms with van der Waals surface area (Å²) in [5, 5.41) is 14.3. The summed E-state index contributed by atoms with van der Waals surface area (Å²) >= 11 is 1.60. The predicted octanol–water partition coefficient (Wildman–Crippen LogP) is 2.95. The molecule has 2 rings (SSSR count). The lowest BCUT2D eigenvalue weighted by atomic mass is 9.87. The molecule has 88 valence electrons. The van der Waals surface area contributed by atoms with E-state index in [2.05, 4.69) is 0 Å². The van der Waals surface area contributed by atoms with Crippen molar-refractivity contribution < 1.29 is 9.90 Å². The van der Waals surface area contributed by atoms with Gasteiger partial charge in [-0.05, 0) is 35.2 Å². The fourth-order valence-electron chi connectivity index (χ4n) is 2.34. The van der Waals surface area contributed by atoms with Crippen molar-refractivity contribution in [3.05, 3.63) is 22.4 Å². The molecule has 1 aromatic rings. The molecule has 0 bridgehead atoms. The van der Waals surface area contributed by atoms with E-state index in [0.29, 0.717) is 19.3 Å². The number of ketones is 1. The van der Waals surface area contributed by atoms with Gasteiger partial charge in [0, 0.05) is 6.42 Å². The van der Waals surface area contributed by atoms with Crippen LogP contribution < -0.4 is 0 Å². The molecule has 0 spiro atoms. The number of thiophene rings is 1. The van der Waals surface area contributed by atoms with Gasteiger partial charge in [-0.1, -0.05) is 25.7 Å². The van der Waals surface area contributed by atoms with Crippen LogP contribution in [-0.2, 0) is 11.2 Å². The Hall–Kier alpha value is -0.670. The van der Waals surface area contributed by atoms with Gasteiger partial charge < -0.3 is 5.11 Å². The maximum atomic E-state index is 12.1. The first-order chi connectivity index (χ1) is 7.71. The molecular weight excluding hydrogens is 220 g/mol. The number of carbonyl (C=O) groups is 1. The zero-order valence-corrected chi connectivity index (χ0v) is 10.3. The van der Waals surface area contributed by atoms with Crippen molar-refractivity contribution in [1.29, 1.82) is 0 Å². The first-order valence-corrected chi connectivity index (χ1v) is 6.92. The van der Waals surface area contributed by atoms with E-state index in [1.807, 2.05) is 16.8 Å². The van der Waals surface area contributed by atoms with Crippen LogP contribution in [0.3, 0.4) is 0 Å². The summed E-state index contributed by atoms with van der Waals surface area (Å²) in [5.74, 6) is 0.00722. The second-order valence-electron chi connectivity index (χ2n) is 4.68. The van der Waals surface area contributed by atoms with E-state index in [4.69, 9.17) is 0 Å². The topological polar surface area (TPSA) is 37.3 Å². The minimum atomic E-state index is -1.04. The lowest BCUT2D eigenvalue weighted by Crippen LogP contribution is -2.39. The van der Waals surface area contributed by atoms with Crippen LogP contribution in [0.4, 0.5) is 0 Å². The Morgan fingerprint density at radius 3 is 2.56 bits per heavy atom. The fourth-order valence-corrected chi connectivity index (χ4v) is 3.00. The molecule has 1 fully saturated rings. The molecule has 1 aromatic heterocycles. The Bertz CT molecular complexity index is 335. The van der Waals surface area contributed by atoms with Crippen LogP contribution >= 0.6 is 11.3 Å². The molecule has 16 heavy (non-hydrogen) atoms. The lowest BCUT2D eigenvalue weighted by Gasteiger charge is -2.24. The van der Waals surface area contributed by atoms with Gasteiger partial charge in [-0.15, -0.1) is 0 Å². The highest BCUT2D eigenvalue weighted by Gasteiger charge is 2.35. The van der Waals surface area contributed by atoms with E-state index in [0.717, 1.165) is 31.2 Å². The number of aliphatic hydroxyl groups is 1. The minimum absolute atomic E-state index is 0.00722. The van der Waals surface area contributed by atoms with Crippen molar-refractivity contribution in [1.82, 2.24) is 0 Å². The first kappa shape index (κ1) is 11.8. The van der Waals surface area contributed by atoms with Crippen molar-refractivity contribution in [2.24, 2.45) is 0 Å². The normalized spacial score (nSPS) is 20.3. The van der Waals surface area contributed by atoms with Gasteiger partial charge in [-0.3, -0.25) is 4.79 Å². The average Bonchev–Trinajstić information content (AvgIpc) is 2.66. The van der Waals surface area contributed by atoms with Gasteiger partial charge in [-0.2, -0.15) is 11.3 Å². The molecule has 1 aliphatic rings. The van der Waals surface area contributed by atoms with Gasteiger partial charge in [0.25, 0.3) is 0 Å². The largest absolute Gasteiger partial charge is 0.382 e. The third-order valence-corrected chi connectivity index (χ3v) is 4.13. The summed E-state index contributed by atoms with van der Waals surface area (Å²) in [6.45, 7) is 0. The van der Waals surface area contributed by atoms with Crippen molar-refractivity contribution in [3.63, 3.8) is 0 Å². The molecule has 0 atom stereocenters. The smallest absolute Gasteiger partial charge is 0.168 e. The number of hydrogen-bond donors (Lipinski definition) is 1. The number of carbonyl (C=O) groups excluding carboxylic acids is 1. The number of Topliss-reactive ketones (excluding diaryl/α,β-unsaturated/α-hetero) is 1. The van der Waals surface area contributed by atoms with Crippen LogP contribution in [0.5, 0.6) is 0 Å². The summed E-state index contributed by atoms with van der Waals surface area (Å²) in [6, 6.07) is 1.96. The molecule has 0 amide bonds. The van der Waals surface area contributed by atoms with Crippen molar-refractivity contribution in [2.75, 3.05) is 0 Å². The third-order valence-electron chi connectivity index (χ3n) is 3.39. The summed E-state index contributed by atoms with van der Waals surface area (Å²) in [4.78, 5) is 12.1. The fraction of sp³-hybridized carbons (Fsp3) is 0.615. The van der Waals surface area contributed by atoms with Crippen molar-refractivity contribution in [2.45, 2.75) is 50.5 Å². The third kappa shape index (κ3) is 2.71. The predicted molar refractivity (Wildman–Crippen MR) is 65.7 cm³/mol. The molecule has 1 N–H and O–H groups in total. The van der Waals surface area contributed by atoms with E-state index < -0.39 is 5.60 Å². The quantitative estimate of drug-likeness (QED) is 0.822. The first-order valence-electron chi connectivity index (χ1n) is 5.97. The Labute approximate surface area is 100 Å². The van der Waals surface area contributed by atoms with Gasteiger partial charge in [0.15, 0.2) is 5.78 Å². The Kier molecular flexibility index (Phi) is 3.77. The van der Waals surface area contributed by atoms with E-state index in [1.165, 1.54) is 0 Å². The average molecular weight is 238 g/mol. The monoisotopic (exact) mass is 238 g/mol. The molecule has 0 aliphatic heterocycles. The maximum absolute atomic E-state index is 12.1. The molecule has 1 aliphatic carbocycles. The summed E-state index contributed by atoms with van der Waals surface area (Å²) in [6.07, 6.45) is 5.94. The molecule has 3 heteroatoms. The molecule has 0 aromatic carbocycles. The minimum Gasteiger partial charge on any atom is -0.382 e. The van der Waals surface area contributed by atoms with Crippen molar-refractivity contribution in [3.8, 4) is 0 Å². The highest BCUT2D eigenvalue weighted by atomic mass is 32.1. The molecule has 1 saturated carbocycles. The van der Waals surface area contributed by atoms with Gasteiger partial charge in [0.05, 0.1) is 0 Å². The number of hydrogen-bond acceptors (Lipinski definition) is 3. The lowest BCUT2D eigenvalue weighted by molar-refractivity contribution is -0.138. The highest BCUT2D eigenvalue weighted by Crippen LogP contribution is 2.29. The molecule has 1 heterocycles. The second kappa shape index (κ2) is 5.11. The van der Waals surface area contributed by atoms with Gasteiger partial charge in [0.2, 0.25) is 0 Å². The van der Waals surface area contributed by atoms with E-state index in [-0.39, 0.29) is 5.78 Å². The molecular formula is C13H18O2S. The van der Waals surface area contributed by atoms with Crippen LogP contribution in [0.15, 0.2) is 16.8 Å². The SMILES string of the molecule is O=C(Cc1ccsc1)C1(O)CCCCCC1. The summed E-state index contributed by atoms with van der Waals surface area (Å²) < 4.78 is 0. The second-order valence-corrected chi connectivity index (χ2v) is 5.46. The van der Waals surface area contributed by atoms with Gasteiger partial charge in [-0.25, -0.2) is 0 Å². The van der Waals surface area contributed by atoms with E-state index in [9.17, 15) is 9.90 Å². The molecule has 0 radical (unpaired) electrons. The zero-order chi connectivity index (χ0) is 11.4. The van der Waals surface area contributed by atoms with Crippen LogP contribution in [0, 0.1) is 0 Å². The van der Waals surface area contributed by atoms with Crippen LogP contribution in [0.2, 0.25) is 0 Å². The Morgan fingerprint density at radius 2 is 2.00 bits per heavy atom. The van der Waals surface area contributed by atoms with Gasteiger partial charge in [0.1, 0.15) is 5.60 Å². The summed E-state index contributed by atoms with van der Waals surface area (Å²) in [5.41, 5.74) is -0.00834. The van der Waals surface area contributed by atoms with Gasteiger partial charge >= 0.3 is 0 Å². The molecule has 0 saturated heterocycles. The Balaban J connectivity index is 2.01. The van der Waals surface area contributed by atoms with Crippen LogP contribution in [0.25, 0.3) is 0 Å². The van der Waals surface area contributed by atoms with Crippen LogP contribution in [0.1, 0.15) is 44.1 Å². The van der Waals surface area contributed by atoms with E-state index >= 15 is 0 Å². The maximum Gasteiger partial charge on any atom is 0.168 e. The summed E-state index contributed by atoms with van der Waals surface area (Å²) in [7, 11) is 0. The standard InChI is InChI=1S/C13H18O2S/c14-12(9-11-5-8-16-10-11)13(15)6-3-1-2-4-7-13/h5,8,10,15H,1-4,6-7,9H2. The van der Waals surface area contributed by atoms with Crippen LogP contribution in [-0.4, -0.2) is 16.5 Å². The molecule has 2 nitrogen and oxygen atoms in total. The van der Waals surface area contributed by atoms with Crippen molar-refractivity contribution >= 4 is 17.1 Å². The molecule has 0 unspecified atom stereocenters. The number of rotatable bonds is 3. The highest BCUT2D eigenvalue weighted by molar-refractivity contribution is 7.08.